The Labute approximate surface area is 120 Å². The van der Waals surface area contributed by atoms with Crippen LogP contribution < -0.4 is 4.74 Å². The molecule has 0 amide bonds. The zero-order valence-corrected chi connectivity index (χ0v) is 11.4. The van der Waals surface area contributed by atoms with E-state index in [1.54, 1.807) is 18.2 Å². The second-order valence-corrected chi connectivity index (χ2v) is 4.69. The normalized spacial score (nSPS) is 10.8. The van der Waals surface area contributed by atoms with Gasteiger partial charge in [0, 0.05) is 10.9 Å². The largest absolute Gasteiger partial charge is 0.482 e. The summed E-state index contributed by atoms with van der Waals surface area (Å²) in [5.74, 6) is -0.495. The second-order valence-electron chi connectivity index (χ2n) is 4.69. The van der Waals surface area contributed by atoms with Gasteiger partial charge in [0.15, 0.2) is 23.9 Å². The van der Waals surface area contributed by atoms with Crippen LogP contribution in [0.1, 0.15) is 16.1 Å². The van der Waals surface area contributed by atoms with Crippen molar-refractivity contribution in [3.63, 3.8) is 0 Å². The summed E-state index contributed by atoms with van der Waals surface area (Å²) in [6.45, 7) is 1.56. The lowest BCUT2D eigenvalue weighted by atomic mass is 10.1. The van der Waals surface area contributed by atoms with E-state index in [0.29, 0.717) is 5.58 Å². The number of halogens is 1. The highest BCUT2D eigenvalue weighted by atomic mass is 19.1. The second kappa shape index (κ2) is 5.40. The first-order valence-corrected chi connectivity index (χ1v) is 6.55. The Bertz CT molecular complexity index is 805. The summed E-state index contributed by atoms with van der Waals surface area (Å²) in [6, 6.07) is 13.4. The number of para-hydroxylation sites is 2. The molecule has 3 nitrogen and oxygen atoms in total. The summed E-state index contributed by atoms with van der Waals surface area (Å²) in [5, 5.41) is 0.895. The van der Waals surface area contributed by atoms with Crippen molar-refractivity contribution in [1.82, 2.24) is 0 Å². The first kappa shape index (κ1) is 13.4. The van der Waals surface area contributed by atoms with Crippen molar-refractivity contribution >= 4 is 16.8 Å². The van der Waals surface area contributed by atoms with Crippen molar-refractivity contribution < 1.29 is 18.3 Å². The molecule has 0 atom stereocenters. The van der Waals surface area contributed by atoms with Crippen LogP contribution in [0.5, 0.6) is 5.75 Å². The first-order chi connectivity index (χ1) is 10.2. The molecule has 3 rings (SSSR count). The number of carbonyl (C=O) groups is 1. The van der Waals surface area contributed by atoms with E-state index in [2.05, 4.69) is 0 Å². The van der Waals surface area contributed by atoms with Gasteiger partial charge in [-0.05, 0) is 25.1 Å². The molecule has 0 radical (unpaired) electrons. The SMILES string of the molecule is Cc1c(C(=O)COc2ccccc2F)oc2ccccc12. The standard InChI is InChI=1S/C17H13FO3/c1-11-12-6-2-4-8-15(12)21-17(11)14(19)10-20-16-9-5-3-7-13(16)18/h2-9H,10H2,1H3. The number of benzene rings is 2. The number of carbonyl (C=O) groups excluding carboxylic acids is 1. The average molecular weight is 284 g/mol. The molecule has 106 valence electrons. The van der Waals surface area contributed by atoms with E-state index < -0.39 is 5.82 Å². The molecule has 1 aromatic heterocycles. The van der Waals surface area contributed by atoms with E-state index in [-0.39, 0.29) is 23.9 Å². The van der Waals surface area contributed by atoms with Crippen molar-refractivity contribution in [3.8, 4) is 5.75 Å². The molecule has 0 saturated heterocycles. The maximum atomic E-state index is 13.4. The van der Waals surface area contributed by atoms with Gasteiger partial charge in [-0.15, -0.1) is 0 Å². The van der Waals surface area contributed by atoms with E-state index in [4.69, 9.17) is 9.15 Å². The number of ether oxygens (including phenoxy) is 1. The van der Waals surface area contributed by atoms with Gasteiger partial charge < -0.3 is 9.15 Å². The lowest BCUT2D eigenvalue weighted by molar-refractivity contribution is 0.0892. The van der Waals surface area contributed by atoms with Crippen molar-refractivity contribution in [1.29, 1.82) is 0 Å². The van der Waals surface area contributed by atoms with Crippen LogP contribution >= 0.6 is 0 Å². The minimum Gasteiger partial charge on any atom is -0.482 e. The van der Waals surface area contributed by atoms with Crippen molar-refractivity contribution in [2.24, 2.45) is 0 Å². The van der Waals surface area contributed by atoms with Crippen LogP contribution in [0.15, 0.2) is 52.9 Å². The summed E-state index contributed by atoms with van der Waals surface area (Å²) < 4.78 is 24.2. The highest BCUT2D eigenvalue weighted by Gasteiger charge is 2.18. The summed E-state index contributed by atoms with van der Waals surface area (Å²) in [7, 11) is 0. The molecule has 2 aromatic carbocycles. The molecule has 0 aliphatic rings. The van der Waals surface area contributed by atoms with Crippen molar-refractivity contribution in [2.45, 2.75) is 6.92 Å². The number of furan rings is 1. The fourth-order valence-electron chi connectivity index (χ4n) is 2.21. The Hall–Kier alpha value is -2.62. The van der Waals surface area contributed by atoms with Gasteiger partial charge in [-0.1, -0.05) is 30.3 Å². The maximum Gasteiger partial charge on any atom is 0.235 e. The van der Waals surface area contributed by atoms with E-state index >= 15 is 0 Å². The van der Waals surface area contributed by atoms with E-state index in [9.17, 15) is 9.18 Å². The van der Waals surface area contributed by atoms with Crippen molar-refractivity contribution in [2.75, 3.05) is 6.61 Å². The molecule has 0 bridgehead atoms. The molecule has 1 heterocycles. The third kappa shape index (κ3) is 2.52. The van der Waals surface area contributed by atoms with Gasteiger partial charge in [-0.3, -0.25) is 4.79 Å². The quantitative estimate of drug-likeness (QED) is 0.676. The summed E-state index contributed by atoms with van der Waals surface area (Å²) in [4.78, 5) is 12.2. The Morgan fingerprint density at radius 1 is 1.14 bits per heavy atom. The van der Waals surface area contributed by atoms with Crippen LogP contribution in [-0.2, 0) is 0 Å². The number of aryl methyl sites for hydroxylation is 1. The Kier molecular flexibility index (Phi) is 3.44. The lowest BCUT2D eigenvalue weighted by Crippen LogP contribution is -2.12. The number of rotatable bonds is 4. The number of Topliss-reactive ketones (excluding diaryl/α,β-unsaturated/α-hetero) is 1. The van der Waals surface area contributed by atoms with Gasteiger partial charge in [0.1, 0.15) is 5.58 Å². The molecule has 4 heteroatoms. The molecule has 0 N–H and O–H groups in total. The highest BCUT2D eigenvalue weighted by Crippen LogP contribution is 2.25. The van der Waals surface area contributed by atoms with Gasteiger partial charge in [-0.25, -0.2) is 4.39 Å². The predicted molar refractivity (Wildman–Crippen MR) is 77.2 cm³/mol. The number of fused-ring (bicyclic) bond motifs is 1. The first-order valence-electron chi connectivity index (χ1n) is 6.55. The molecule has 0 unspecified atom stereocenters. The number of hydrogen-bond acceptors (Lipinski definition) is 3. The molecule has 0 aliphatic carbocycles. The Morgan fingerprint density at radius 2 is 1.86 bits per heavy atom. The Morgan fingerprint density at radius 3 is 2.62 bits per heavy atom. The maximum absolute atomic E-state index is 13.4. The van der Waals surface area contributed by atoms with Crippen LogP contribution in [0.2, 0.25) is 0 Å². The zero-order chi connectivity index (χ0) is 14.8. The molecule has 3 aromatic rings. The van der Waals surface area contributed by atoms with Gasteiger partial charge in [0.2, 0.25) is 5.78 Å². The fraction of sp³-hybridized carbons (Fsp3) is 0.118. The molecule has 0 saturated carbocycles. The summed E-state index contributed by atoms with van der Waals surface area (Å²) in [6.07, 6.45) is 0. The Balaban J connectivity index is 1.81. The van der Waals surface area contributed by atoms with Crippen LogP contribution in [0.4, 0.5) is 4.39 Å². The molecule has 0 spiro atoms. The average Bonchev–Trinajstić information content (AvgIpc) is 2.84. The number of ketones is 1. The molecular formula is C17H13FO3. The predicted octanol–water partition coefficient (Wildman–Crippen LogP) is 4.14. The van der Waals surface area contributed by atoms with Gasteiger partial charge in [0.05, 0.1) is 0 Å². The highest BCUT2D eigenvalue weighted by molar-refractivity contribution is 6.01. The van der Waals surface area contributed by atoms with Crippen LogP contribution in [0, 0.1) is 12.7 Å². The van der Waals surface area contributed by atoms with Crippen molar-refractivity contribution in [3.05, 3.63) is 65.7 Å². The number of hydrogen-bond donors (Lipinski definition) is 0. The molecule has 0 fully saturated rings. The lowest BCUT2D eigenvalue weighted by Gasteiger charge is -2.05. The van der Waals surface area contributed by atoms with Crippen LogP contribution in [0.25, 0.3) is 11.0 Å². The monoisotopic (exact) mass is 284 g/mol. The topological polar surface area (TPSA) is 39.4 Å². The van der Waals surface area contributed by atoms with Gasteiger partial charge >= 0.3 is 0 Å². The van der Waals surface area contributed by atoms with E-state index in [1.807, 2.05) is 25.1 Å². The van der Waals surface area contributed by atoms with Crippen LogP contribution in [-0.4, -0.2) is 12.4 Å². The third-order valence-corrected chi connectivity index (χ3v) is 3.29. The molecule has 0 aliphatic heterocycles. The van der Waals surface area contributed by atoms with Crippen LogP contribution in [0.3, 0.4) is 0 Å². The minimum atomic E-state index is -0.494. The third-order valence-electron chi connectivity index (χ3n) is 3.29. The van der Waals surface area contributed by atoms with Gasteiger partial charge in [-0.2, -0.15) is 0 Å². The summed E-state index contributed by atoms with van der Waals surface area (Å²) in [5.41, 5.74) is 1.43. The zero-order valence-electron chi connectivity index (χ0n) is 11.4. The summed E-state index contributed by atoms with van der Waals surface area (Å²) >= 11 is 0. The van der Waals surface area contributed by atoms with E-state index in [1.165, 1.54) is 12.1 Å². The minimum absolute atomic E-state index is 0.0552. The smallest absolute Gasteiger partial charge is 0.235 e. The molecule has 21 heavy (non-hydrogen) atoms. The molecular weight excluding hydrogens is 271 g/mol. The van der Waals surface area contributed by atoms with Gasteiger partial charge in [0.25, 0.3) is 0 Å². The fourth-order valence-corrected chi connectivity index (χ4v) is 2.21. The van der Waals surface area contributed by atoms with E-state index in [0.717, 1.165) is 10.9 Å².